The van der Waals surface area contributed by atoms with Gasteiger partial charge in [-0.1, -0.05) is 12.1 Å². The van der Waals surface area contributed by atoms with Gasteiger partial charge < -0.3 is 15.5 Å². The van der Waals surface area contributed by atoms with Crippen molar-refractivity contribution in [1.29, 1.82) is 0 Å². The SMILES string of the molecule is CN1CCC2C(C1)CN2c1nc(N)c2ccccc2n1. The predicted octanol–water partition coefficient (Wildman–Crippen LogP) is 1.35. The van der Waals surface area contributed by atoms with Crippen molar-refractivity contribution >= 4 is 22.7 Å². The second-order valence-corrected chi connectivity index (χ2v) is 5.96. The molecule has 2 unspecified atom stereocenters. The molecule has 4 rings (SSSR count). The molecule has 1 aromatic carbocycles. The topological polar surface area (TPSA) is 58.3 Å². The summed E-state index contributed by atoms with van der Waals surface area (Å²) in [5.74, 6) is 2.14. The van der Waals surface area contributed by atoms with E-state index in [0.717, 1.165) is 35.9 Å². The summed E-state index contributed by atoms with van der Waals surface area (Å²) in [5, 5.41) is 0.941. The average molecular weight is 269 g/mol. The van der Waals surface area contributed by atoms with E-state index < -0.39 is 0 Å². The van der Waals surface area contributed by atoms with Crippen molar-refractivity contribution in [3.63, 3.8) is 0 Å². The Kier molecular flexibility index (Phi) is 2.57. The van der Waals surface area contributed by atoms with Gasteiger partial charge in [-0.05, 0) is 32.1 Å². The number of hydrogen-bond acceptors (Lipinski definition) is 5. The molecular weight excluding hydrogens is 250 g/mol. The maximum absolute atomic E-state index is 6.08. The molecule has 3 heterocycles. The summed E-state index contributed by atoms with van der Waals surface area (Å²) in [6, 6.07) is 8.53. The van der Waals surface area contributed by atoms with Gasteiger partial charge in [-0.2, -0.15) is 4.98 Å². The molecule has 104 valence electrons. The van der Waals surface area contributed by atoms with Crippen LogP contribution in [0.3, 0.4) is 0 Å². The molecule has 2 fully saturated rings. The maximum atomic E-state index is 6.08. The van der Waals surface area contributed by atoms with Gasteiger partial charge >= 0.3 is 0 Å². The molecule has 1 aromatic heterocycles. The van der Waals surface area contributed by atoms with Gasteiger partial charge in [-0.3, -0.25) is 0 Å². The Bertz CT molecular complexity index is 656. The molecule has 0 amide bonds. The molecule has 2 aliphatic heterocycles. The Morgan fingerprint density at radius 1 is 1.20 bits per heavy atom. The third-order valence-electron chi connectivity index (χ3n) is 4.61. The van der Waals surface area contributed by atoms with E-state index in [2.05, 4.69) is 26.8 Å². The Morgan fingerprint density at radius 3 is 2.90 bits per heavy atom. The summed E-state index contributed by atoms with van der Waals surface area (Å²) in [5.41, 5.74) is 7.01. The number of rotatable bonds is 1. The molecule has 0 radical (unpaired) electrons. The Balaban J connectivity index is 1.67. The lowest BCUT2D eigenvalue weighted by Gasteiger charge is -2.52. The van der Waals surface area contributed by atoms with E-state index in [0.29, 0.717) is 11.9 Å². The van der Waals surface area contributed by atoms with Crippen molar-refractivity contribution in [1.82, 2.24) is 14.9 Å². The summed E-state index contributed by atoms with van der Waals surface area (Å²) >= 11 is 0. The van der Waals surface area contributed by atoms with Crippen molar-refractivity contribution in [3.8, 4) is 0 Å². The van der Waals surface area contributed by atoms with Crippen LogP contribution in [0.2, 0.25) is 0 Å². The zero-order valence-corrected chi connectivity index (χ0v) is 11.7. The minimum absolute atomic E-state index is 0.585. The molecule has 2 aliphatic rings. The number of aromatic nitrogens is 2. The van der Waals surface area contributed by atoms with Crippen LogP contribution in [0.4, 0.5) is 11.8 Å². The van der Waals surface area contributed by atoms with Crippen molar-refractivity contribution in [3.05, 3.63) is 24.3 Å². The average Bonchev–Trinajstić information content (AvgIpc) is 2.42. The summed E-state index contributed by atoms with van der Waals surface area (Å²) in [6.45, 7) is 3.39. The van der Waals surface area contributed by atoms with Crippen molar-refractivity contribution in [2.75, 3.05) is 37.3 Å². The summed E-state index contributed by atoms with van der Waals surface area (Å²) in [4.78, 5) is 13.9. The number of nitrogens with two attached hydrogens (primary N) is 1. The van der Waals surface area contributed by atoms with Gasteiger partial charge in [0.15, 0.2) is 0 Å². The molecule has 2 atom stereocenters. The highest BCUT2D eigenvalue weighted by Gasteiger charge is 2.43. The second-order valence-electron chi connectivity index (χ2n) is 5.96. The van der Waals surface area contributed by atoms with E-state index in [4.69, 9.17) is 5.73 Å². The lowest BCUT2D eigenvalue weighted by Crippen LogP contribution is -2.63. The van der Waals surface area contributed by atoms with Crippen LogP contribution in [0.5, 0.6) is 0 Å². The quantitative estimate of drug-likeness (QED) is 0.847. The lowest BCUT2D eigenvalue weighted by atomic mass is 9.83. The first-order chi connectivity index (χ1) is 9.72. The zero-order valence-electron chi connectivity index (χ0n) is 11.7. The molecule has 2 N–H and O–H groups in total. The van der Waals surface area contributed by atoms with E-state index >= 15 is 0 Å². The minimum atomic E-state index is 0.585. The third-order valence-corrected chi connectivity index (χ3v) is 4.61. The van der Waals surface area contributed by atoms with E-state index in [-0.39, 0.29) is 0 Å². The van der Waals surface area contributed by atoms with Gasteiger partial charge in [-0.15, -0.1) is 0 Å². The summed E-state index contributed by atoms with van der Waals surface area (Å²) in [7, 11) is 2.20. The maximum Gasteiger partial charge on any atom is 0.228 e. The highest BCUT2D eigenvalue weighted by Crippen LogP contribution is 2.35. The second kappa shape index (κ2) is 4.31. The largest absolute Gasteiger partial charge is 0.383 e. The molecule has 0 aliphatic carbocycles. The number of nitrogens with zero attached hydrogens (tertiary/aromatic N) is 4. The van der Waals surface area contributed by atoms with Crippen LogP contribution in [-0.4, -0.2) is 47.6 Å². The van der Waals surface area contributed by atoms with Crippen molar-refractivity contribution in [2.24, 2.45) is 5.92 Å². The van der Waals surface area contributed by atoms with Crippen LogP contribution in [-0.2, 0) is 0 Å². The molecule has 20 heavy (non-hydrogen) atoms. The van der Waals surface area contributed by atoms with Gasteiger partial charge in [0.25, 0.3) is 0 Å². The van der Waals surface area contributed by atoms with Gasteiger partial charge in [0.1, 0.15) is 5.82 Å². The van der Waals surface area contributed by atoms with E-state index in [9.17, 15) is 0 Å². The fourth-order valence-electron chi connectivity index (χ4n) is 3.49. The highest BCUT2D eigenvalue weighted by atomic mass is 15.3. The van der Waals surface area contributed by atoms with Crippen molar-refractivity contribution < 1.29 is 0 Å². The van der Waals surface area contributed by atoms with Crippen LogP contribution in [0.15, 0.2) is 24.3 Å². The van der Waals surface area contributed by atoms with Gasteiger partial charge in [-0.25, -0.2) is 4.98 Å². The van der Waals surface area contributed by atoms with Crippen molar-refractivity contribution in [2.45, 2.75) is 12.5 Å². The molecule has 0 bridgehead atoms. The lowest BCUT2D eigenvalue weighted by molar-refractivity contribution is 0.131. The van der Waals surface area contributed by atoms with Crippen LogP contribution < -0.4 is 10.6 Å². The molecular formula is C15H19N5. The number of nitrogen functional groups attached to an aromatic ring is 1. The number of hydrogen-bond donors (Lipinski definition) is 1. The van der Waals surface area contributed by atoms with Crippen LogP contribution in [0, 0.1) is 5.92 Å². The number of piperidine rings is 1. The first-order valence-electron chi connectivity index (χ1n) is 7.20. The monoisotopic (exact) mass is 269 g/mol. The first kappa shape index (κ1) is 11.9. The Hall–Kier alpha value is -1.88. The normalized spacial score (nSPS) is 26.4. The van der Waals surface area contributed by atoms with Gasteiger partial charge in [0.05, 0.1) is 5.52 Å². The molecule has 5 heteroatoms. The Morgan fingerprint density at radius 2 is 2.05 bits per heavy atom. The fourth-order valence-corrected chi connectivity index (χ4v) is 3.49. The third kappa shape index (κ3) is 1.73. The molecule has 2 aromatic rings. The number of benzene rings is 1. The zero-order chi connectivity index (χ0) is 13.7. The van der Waals surface area contributed by atoms with Crippen LogP contribution in [0.1, 0.15) is 6.42 Å². The first-order valence-corrected chi connectivity index (χ1v) is 7.20. The van der Waals surface area contributed by atoms with E-state index in [1.807, 2.05) is 24.3 Å². The van der Waals surface area contributed by atoms with Gasteiger partial charge in [0.2, 0.25) is 5.95 Å². The highest BCUT2D eigenvalue weighted by molar-refractivity contribution is 5.88. The fraction of sp³-hybridized carbons (Fsp3) is 0.467. The smallest absolute Gasteiger partial charge is 0.228 e. The summed E-state index contributed by atoms with van der Waals surface area (Å²) < 4.78 is 0. The number of likely N-dealkylation sites (tertiary alicyclic amines) is 1. The Labute approximate surface area is 118 Å². The minimum Gasteiger partial charge on any atom is -0.383 e. The number of fused-ring (bicyclic) bond motifs is 2. The van der Waals surface area contributed by atoms with E-state index in [1.165, 1.54) is 13.0 Å². The van der Waals surface area contributed by atoms with Crippen LogP contribution >= 0.6 is 0 Å². The molecule has 0 spiro atoms. The molecule has 2 saturated heterocycles. The number of para-hydroxylation sites is 1. The standard InChI is InChI=1S/C15H19N5/c1-19-7-6-13-10(8-19)9-20(13)15-17-12-5-3-2-4-11(12)14(16)18-15/h2-5,10,13H,6-9H2,1H3,(H2,16,17,18). The summed E-state index contributed by atoms with van der Waals surface area (Å²) in [6.07, 6.45) is 1.19. The van der Waals surface area contributed by atoms with Gasteiger partial charge in [0, 0.05) is 30.4 Å². The molecule has 5 nitrogen and oxygen atoms in total. The molecule has 0 saturated carbocycles. The number of anilines is 2. The van der Waals surface area contributed by atoms with E-state index in [1.54, 1.807) is 0 Å². The predicted molar refractivity (Wildman–Crippen MR) is 80.7 cm³/mol. The van der Waals surface area contributed by atoms with Crippen LogP contribution in [0.25, 0.3) is 10.9 Å².